The van der Waals surface area contributed by atoms with Gasteiger partial charge in [-0.2, -0.15) is 0 Å². The Morgan fingerprint density at radius 2 is 1.89 bits per heavy atom. The van der Waals surface area contributed by atoms with Crippen LogP contribution in [0, 0.1) is 0 Å². The molecule has 0 atom stereocenters. The lowest BCUT2D eigenvalue weighted by molar-refractivity contribution is 0.0455. The van der Waals surface area contributed by atoms with E-state index in [2.05, 4.69) is 15.3 Å². The van der Waals surface area contributed by atoms with Crippen molar-refractivity contribution in [2.45, 2.75) is 52.2 Å². The van der Waals surface area contributed by atoms with E-state index in [4.69, 9.17) is 4.74 Å². The van der Waals surface area contributed by atoms with Gasteiger partial charge in [0.1, 0.15) is 0 Å². The normalized spacial score (nSPS) is 11.7. The van der Waals surface area contributed by atoms with E-state index in [1.165, 1.54) is 0 Å². The fourth-order valence-corrected chi connectivity index (χ4v) is 1.50. The van der Waals surface area contributed by atoms with E-state index in [0.717, 1.165) is 0 Å². The average molecular weight is 253 g/mol. The molecule has 18 heavy (non-hydrogen) atoms. The van der Waals surface area contributed by atoms with Crippen molar-refractivity contribution in [3.63, 3.8) is 0 Å². The number of rotatable bonds is 7. The lowest BCUT2D eigenvalue weighted by atomic mass is 9.98. The topological polar surface area (TPSA) is 67.3 Å². The number of hydrogen-bond acceptors (Lipinski definition) is 5. The maximum Gasteiger partial charge on any atom is 0.257 e. The first-order chi connectivity index (χ1) is 8.50. The molecular formula is C13H23N3O2. The summed E-state index contributed by atoms with van der Waals surface area (Å²) >= 11 is 0. The average Bonchev–Trinajstić information content (AvgIpc) is 2.37. The molecule has 0 aliphatic carbocycles. The number of aromatic nitrogens is 2. The summed E-state index contributed by atoms with van der Waals surface area (Å²) in [5, 5.41) is 13.3. The van der Waals surface area contributed by atoms with Gasteiger partial charge in [0.25, 0.3) is 5.88 Å². The Hall–Kier alpha value is -1.36. The standard InChI is InChI=1S/C13H23N3O2/c1-5-13(17,6-2)9-16-11-12(18-10(3)4)15-8-7-14-11/h7-8,10,17H,5-6,9H2,1-4H3,(H,14,16). The Bertz CT molecular complexity index is 365. The molecule has 0 amide bonds. The van der Waals surface area contributed by atoms with E-state index in [-0.39, 0.29) is 6.10 Å². The molecule has 0 unspecified atom stereocenters. The van der Waals surface area contributed by atoms with Crippen LogP contribution in [0.1, 0.15) is 40.5 Å². The van der Waals surface area contributed by atoms with Gasteiger partial charge in [0, 0.05) is 18.9 Å². The Kier molecular flexibility index (Phi) is 5.34. The highest BCUT2D eigenvalue weighted by atomic mass is 16.5. The summed E-state index contributed by atoms with van der Waals surface area (Å²) in [5.74, 6) is 1.05. The molecule has 0 radical (unpaired) electrons. The van der Waals surface area contributed by atoms with Crippen molar-refractivity contribution in [1.82, 2.24) is 9.97 Å². The lowest BCUT2D eigenvalue weighted by Gasteiger charge is -2.26. The van der Waals surface area contributed by atoms with E-state index in [1.54, 1.807) is 12.4 Å². The minimum atomic E-state index is -0.716. The molecule has 5 heteroatoms. The predicted molar refractivity (Wildman–Crippen MR) is 71.8 cm³/mol. The number of anilines is 1. The Morgan fingerprint density at radius 3 is 2.44 bits per heavy atom. The first-order valence-electron chi connectivity index (χ1n) is 6.44. The molecule has 0 spiro atoms. The third-order valence-electron chi connectivity index (χ3n) is 2.91. The van der Waals surface area contributed by atoms with Crippen LogP contribution in [0.5, 0.6) is 5.88 Å². The van der Waals surface area contributed by atoms with Crippen molar-refractivity contribution in [3.05, 3.63) is 12.4 Å². The van der Waals surface area contributed by atoms with Crippen molar-refractivity contribution in [3.8, 4) is 5.88 Å². The minimum Gasteiger partial charge on any atom is -0.472 e. The fourth-order valence-electron chi connectivity index (χ4n) is 1.50. The van der Waals surface area contributed by atoms with Crippen LogP contribution >= 0.6 is 0 Å². The molecule has 5 nitrogen and oxygen atoms in total. The van der Waals surface area contributed by atoms with Crippen LogP contribution < -0.4 is 10.1 Å². The molecule has 1 heterocycles. The molecule has 1 rings (SSSR count). The first-order valence-corrected chi connectivity index (χ1v) is 6.44. The van der Waals surface area contributed by atoms with Crippen LogP contribution in [0.3, 0.4) is 0 Å². The number of aliphatic hydroxyl groups is 1. The minimum absolute atomic E-state index is 0.0403. The molecule has 0 fully saturated rings. The second kappa shape index (κ2) is 6.54. The van der Waals surface area contributed by atoms with E-state index < -0.39 is 5.60 Å². The highest BCUT2D eigenvalue weighted by Gasteiger charge is 2.22. The number of nitrogens with zero attached hydrogens (tertiary/aromatic N) is 2. The van der Waals surface area contributed by atoms with Gasteiger partial charge in [0.15, 0.2) is 5.82 Å². The third kappa shape index (κ3) is 4.14. The quantitative estimate of drug-likeness (QED) is 0.780. The lowest BCUT2D eigenvalue weighted by Crippen LogP contribution is -2.35. The van der Waals surface area contributed by atoms with Gasteiger partial charge >= 0.3 is 0 Å². The zero-order valence-electron chi connectivity index (χ0n) is 11.6. The second-order valence-electron chi connectivity index (χ2n) is 4.66. The summed E-state index contributed by atoms with van der Waals surface area (Å²) in [5.41, 5.74) is -0.716. The summed E-state index contributed by atoms with van der Waals surface area (Å²) in [6, 6.07) is 0. The van der Waals surface area contributed by atoms with E-state index in [1.807, 2.05) is 27.7 Å². The van der Waals surface area contributed by atoms with E-state index in [9.17, 15) is 5.11 Å². The molecule has 0 aliphatic heterocycles. The van der Waals surface area contributed by atoms with Crippen LogP contribution in [0.2, 0.25) is 0 Å². The highest BCUT2D eigenvalue weighted by molar-refractivity contribution is 5.44. The van der Waals surface area contributed by atoms with E-state index in [0.29, 0.717) is 31.1 Å². The first kappa shape index (κ1) is 14.7. The van der Waals surface area contributed by atoms with E-state index >= 15 is 0 Å². The third-order valence-corrected chi connectivity index (χ3v) is 2.91. The largest absolute Gasteiger partial charge is 0.472 e. The summed E-state index contributed by atoms with van der Waals surface area (Å²) in [6.07, 6.45) is 4.62. The molecule has 0 aromatic carbocycles. The van der Waals surface area contributed by atoms with Crippen molar-refractivity contribution >= 4 is 5.82 Å². The Balaban J connectivity index is 2.72. The summed E-state index contributed by atoms with van der Waals surface area (Å²) < 4.78 is 5.56. The molecule has 102 valence electrons. The summed E-state index contributed by atoms with van der Waals surface area (Å²) in [4.78, 5) is 8.34. The Labute approximate surface area is 109 Å². The molecule has 2 N–H and O–H groups in total. The Morgan fingerprint density at radius 1 is 1.28 bits per heavy atom. The van der Waals surface area contributed by atoms with Gasteiger partial charge in [0.05, 0.1) is 11.7 Å². The van der Waals surface area contributed by atoms with Gasteiger partial charge in [-0.05, 0) is 26.7 Å². The monoisotopic (exact) mass is 253 g/mol. The zero-order chi connectivity index (χ0) is 13.6. The van der Waals surface area contributed by atoms with Crippen molar-refractivity contribution in [1.29, 1.82) is 0 Å². The number of nitrogens with one attached hydrogen (secondary N) is 1. The fraction of sp³-hybridized carbons (Fsp3) is 0.692. The van der Waals surface area contributed by atoms with Crippen LogP contribution in [-0.2, 0) is 0 Å². The molecule has 0 aliphatic rings. The number of ether oxygens (including phenoxy) is 1. The van der Waals surface area contributed by atoms with Gasteiger partial charge in [0.2, 0.25) is 0 Å². The zero-order valence-corrected chi connectivity index (χ0v) is 11.6. The van der Waals surface area contributed by atoms with Gasteiger partial charge < -0.3 is 15.2 Å². The van der Waals surface area contributed by atoms with Crippen molar-refractivity contribution in [2.75, 3.05) is 11.9 Å². The van der Waals surface area contributed by atoms with Crippen molar-refractivity contribution in [2.24, 2.45) is 0 Å². The van der Waals surface area contributed by atoms with Gasteiger partial charge in [-0.3, -0.25) is 0 Å². The maximum atomic E-state index is 10.2. The molecule has 0 saturated carbocycles. The summed E-state index contributed by atoms with van der Waals surface area (Å²) in [6.45, 7) is 8.24. The molecule has 1 aromatic rings. The second-order valence-corrected chi connectivity index (χ2v) is 4.66. The maximum absolute atomic E-state index is 10.2. The molecule has 0 bridgehead atoms. The van der Waals surface area contributed by atoms with Gasteiger partial charge in [-0.15, -0.1) is 0 Å². The van der Waals surface area contributed by atoms with Crippen LogP contribution in [0.15, 0.2) is 12.4 Å². The van der Waals surface area contributed by atoms with Gasteiger partial charge in [-0.25, -0.2) is 9.97 Å². The van der Waals surface area contributed by atoms with Crippen LogP contribution in [0.25, 0.3) is 0 Å². The molecule has 1 aromatic heterocycles. The summed E-state index contributed by atoms with van der Waals surface area (Å²) in [7, 11) is 0. The van der Waals surface area contributed by atoms with Crippen molar-refractivity contribution < 1.29 is 9.84 Å². The van der Waals surface area contributed by atoms with Gasteiger partial charge in [-0.1, -0.05) is 13.8 Å². The smallest absolute Gasteiger partial charge is 0.257 e. The van der Waals surface area contributed by atoms with Crippen LogP contribution in [-0.4, -0.2) is 33.3 Å². The van der Waals surface area contributed by atoms with Crippen LogP contribution in [0.4, 0.5) is 5.82 Å². The predicted octanol–water partition coefficient (Wildman–Crippen LogP) is 2.23. The number of hydrogen-bond donors (Lipinski definition) is 2. The molecule has 0 saturated heterocycles. The highest BCUT2D eigenvalue weighted by Crippen LogP contribution is 2.21. The SMILES string of the molecule is CCC(O)(CC)CNc1nccnc1OC(C)C. The molecular weight excluding hydrogens is 230 g/mol.